The van der Waals surface area contributed by atoms with Crippen molar-refractivity contribution in [1.82, 2.24) is 19.4 Å². The Kier molecular flexibility index (Phi) is 13.2. The first kappa shape index (κ1) is 38.2. The molecule has 0 aliphatic heterocycles. The molecule has 2 fully saturated rings. The van der Waals surface area contributed by atoms with Gasteiger partial charge < -0.3 is 28.6 Å². The van der Waals surface area contributed by atoms with Gasteiger partial charge in [0.05, 0.1) is 5.52 Å². The summed E-state index contributed by atoms with van der Waals surface area (Å²) in [6.07, 6.45) is 15.4. The molecule has 282 valence electrons. The van der Waals surface area contributed by atoms with Crippen LogP contribution >= 0.6 is 0 Å². The lowest BCUT2D eigenvalue weighted by atomic mass is 9.87. The number of likely N-dealkylation sites (N-methyl/N-ethyl adjacent to an activating group) is 2. The molecule has 2 saturated carbocycles. The maximum Gasteiger partial charge on any atom is 0.150 e. The van der Waals surface area contributed by atoms with Gasteiger partial charge in [-0.2, -0.15) is 0 Å². The fourth-order valence-electron chi connectivity index (χ4n) is 8.00. The van der Waals surface area contributed by atoms with Crippen LogP contribution in [-0.4, -0.2) is 71.8 Å². The second-order valence-corrected chi connectivity index (χ2v) is 16.4. The van der Waals surface area contributed by atoms with Crippen molar-refractivity contribution in [3.63, 3.8) is 0 Å². The van der Waals surface area contributed by atoms with Crippen LogP contribution in [0.4, 0.5) is 0 Å². The monoisotopic (exact) mass is 708 g/mol. The number of aromatic nitrogens is 2. The molecule has 7 heteroatoms. The highest BCUT2D eigenvalue weighted by Gasteiger charge is 2.22. The van der Waals surface area contributed by atoms with Gasteiger partial charge in [0.25, 0.3) is 0 Å². The molecule has 52 heavy (non-hydrogen) atoms. The average Bonchev–Trinajstić information content (AvgIpc) is 3.53. The average molecular weight is 709 g/mol. The van der Waals surface area contributed by atoms with Crippen LogP contribution in [0.2, 0.25) is 0 Å². The molecule has 3 aromatic carbocycles. The summed E-state index contributed by atoms with van der Waals surface area (Å²) in [6.45, 7) is 12.9. The van der Waals surface area contributed by atoms with Crippen molar-refractivity contribution < 1.29 is 14.2 Å². The minimum atomic E-state index is 0.0973. The van der Waals surface area contributed by atoms with Crippen LogP contribution in [0.15, 0.2) is 60.7 Å². The van der Waals surface area contributed by atoms with E-state index in [4.69, 9.17) is 19.2 Å². The Morgan fingerprint density at radius 2 is 1.37 bits per heavy atom. The minimum absolute atomic E-state index is 0.0973. The SMILES string of the molecule is CCCCn1c(-c2cccc(Oc3ccc(C(C)(C)C)cc3)c2)nc2c(OCCN(C)C3CCCCC3)cc(OCCN(C)C3CCCCC3)cc21. The highest BCUT2D eigenvalue weighted by molar-refractivity contribution is 5.87. The first-order chi connectivity index (χ1) is 25.2. The highest BCUT2D eigenvalue weighted by Crippen LogP contribution is 2.37. The van der Waals surface area contributed by atoms with Gasteiger partial charge in [0.15, 0.2) is 5.75 Å². The summed E-state index contributed by atoms with van der Waals surface area (Å²) < 4.78 is 21.9. The Morgan fingerprint density at radius 3 is 1.98 bits per heavy atom. The van der Waals surface area contributed by atoms with Gasteiger partial charge in [-0.15, -0.1) is 0 Å². The summed E-state index contributed by atoms with van der Waals surface area (Å²) in [5, 5.41) is 0. The van der Waals surface area contributed by atoms with Crippen molar-refractivity contribution in [2.75, 3.05) is 40.4 Å². The summed E-state index contributed by atoms with van der Waals surface area (Å²) >= 11 is 0. The van der Waals surface area contributed by atoms with E-state index in [0.29, 0.717) is 25.3 Å². The van der Waals surface area contributed by atoms with Crippen molar-refractivity contribution >= 4 is 11.0 Å². The van der Waals surface area contributed by atoms with Gasteiger partial charge in [0.1, 0.15) is 41.8 Å². The van der Waals surface area contributed by atoms with Crippen LogP contribution in [0, 0.1) is 0 Å². The van der Waals surface area contributed by atoms with Gasteiger partial charge in [-0.1, -0.05) is 96.9 Å². The molecular weight excluding hydrogens is 645 g/mol. The Balaban J connectivity index is 1.28. The van der Waals surface area contributed by atoms with E-state index >= 15 is 0 Å². The van der Waals surface area contributed by atoms with E-state index in [1.807, 2.05) is 6.07 Å². The van der Waals surface area contributed by atoms with E-state index in [1.165, 1.54) is 69.8 Å². The molecule has 0 amide bonds. The number of hydrogen-bond acceptors (Lipinski definition) is 6. The van der Waals surface area contributed by atoms with Crippen LogP contribution in [0.3, 0.4) is 0 Å². The number of hydrogen-bond donors (Lipinski definition) is 0. The number of benzene rings is 3. The fourth-order valence-corrected chi connectivity index (χ4v) is 8.00. The summed E-state index contributed by atoms with van der Waals surface area (Å²) in [6, 6.07) is 22.3. The highest BCUT2D eigenvalue weighted by atomic mass is 16.5. The third-order valence-electron chi connectivity index (χ3n) is 11.4. The third-order valence-corrected chi connectivity index (χ3v) is 11.4. The van der Waals surface area contributed by atoms with Crippen LogP contribution in [-0.2, 0) is 12.0 Å². The zero-order valence-corrected chi connectivity index (χ0v) is 33.0. The van der Waals surface area contributed by atoms with Crippen molar-refractivity contribution in [3.05, 3.63) is 66.2 Å². The van der Waals surface area contributed by atoms with Crippen LogP contribution in [0.25, 0.3) is 22.4 Å². The largest absolute Gasteiger partial charge is 0.492 e. The lowest BCUT2D eigenvalue weighted by Gasteiger charge is -2.31. The predicted molar refractivity (Wildman–Crippen MR) is 215 cm³/mol. The minimum Gasteiger partial charge on any atom is -0.492 e. The molecule has 0 radical (unpaired) electrons. The Bertz CT molecular complexity index is 1700. The quantitative estimate of drug-likeness (QED) is 0.115. The number of rotatable bonds is 16. The molecule has 0 unspecified atom stereocenters. The molecule has 4 aromatic rings. The summed E-state index contributed by atoms with van der Waals surface area (Å²) in [7, 11) is 4.51. The lowest BCUT2D eigenvalue weighted by molar-refractivity contribution is 0.157. The van der Waals surface area contributed by atoms with E-state index in [1.54, 1.807) is 0 Å². The molecule has 1 aromatic heterocycles. The molecule has 6 rings (SSSR count). The van der Waals surface area contributed by atoms with E-state index in [-0.39, 0.29) is 5.41 Å². The maximum atomic E-state index is 6.66. The fraction of sp³-hybridized carbons (Fsp3) is 0.578. The van der Waals surface area contributed by atoms with Crippen LogP contribution in [0.5, 0.6) is 23.0 Å². The van der Waals surface area contributed by atoms with Crippen molar-refractivity contribution in [2.24, 2.45) is 0 Å². The smallest absolute Gasteiger partial charge is 0.150 e. The molecule has 0 bridgehead atoms. The maximum absolute atomic E-state index is 6.66. The second kappa shape index (κ2) is 18.0. The number of ether oxygens (including phenoxy) is 3. The second-order valence-electron chi connectivity index (χ2n) is 16.4. The molecular formula is C45H64N4O3. The summed E-state index contributed by atoms with van der Waals surface area (Å²) in [5.74, 6) is 4.20. The standard InChI is InChI=1S/C45H64N4O3/c1-7-8-26-49-41-32-40(50-29-27-47(5)36-17-11-9-12-18-36)33-42(51-30-28-48(6)37-19-13-10-14-20-37)43(41)46-44(49)34-16-15-21-39(31-34)52-38-24-22-35(23-25-38)45(2,3)4/h15-16,21-25,31-33,36-37H,7-14,17-20,26-30H2,1-6H3. The van der Waals surface area contributed by atoms with Gasteiger partial charge in [-0.3, -0.25) is 0 Å². The van der Waals surface area contributed by atoms with Crippen LogP contribution < -0.4 is 14.2 Å². The third kappa shape index (κ3) is 9.90. The zero-order valence-electron chi connectivity index (χ0n) is 33.0. The van der Waals surface area contributed by atoms with Gasteiger partial charge in [0.2, 0.25) is 0 Å². The molecule has 0 N–H and O–H groups in total. The van der Waals surface area contributed by atoms with E-state index in [2.05, 4.69) is 111 Å². The zero-order chi connectivity index (χ0) is 36.5. The van der Waals surface area contributed by atoms with Gasteiger partial charge in [-0.25, -0.2) is 4.98 Å². The molecule has 2 aliphatic carbocycles. The Hall–Kier alpha value is -3.55. The Morgan fingerprint density at radius 1 is 0.731 bits per heavy atom. The first-order valence-electron chi connectivity index (χ1n) is 20.3. The summed E-state index contributed by atoms with van der Waals surface area (Å²) in [5.41, 5.74) is 4.36. The van der Waals surface area contributed by atoms with Gasteiger partial charge in [0, 0.05) is 49.4 Å². The molecule has 0 spiro atoms. The lowest BCUT2D eigenvalue weighted by Crippen LogP contribution is -2.36. The number of imidazole rings is 1. The number of aryl methyl sites for hydroxylation is 1. The van der Waals surface area contributed by atoms with E-state index in [9.17, 15) is 0 Å². The predicted octanol–water partition coefficient (Wildman–Crippen LogP) is 10.9. The van der Waals surface area contributed by atoms with E-state index in [0.717, 1.165) is 77.9 Å². The summed E-state index contributed by atoms with van der Waals surface area (Å²) in [4.78, 5) is 10.3. The van der Waals surface area contributed by atoms with Crippen LogP contribution in [0.1, 0.15) is 110 Å². The first-order valence-corrected chi connectivity index (χ1v) is 20.3. The van der Waals surface area contributed by atoms with Gasteiger partial charge >= 0.3 is 0 Å². The molecule has 7 nitrogen and oxygen atoms in total. The molecule has 0 saturated heterocycles. The Labute approximate surface area is 313 Å². The molecule has 0 atom stereocenters. The van der Waals surface area contributed by atoms with Gasteiger partial charge in [-0.05, 0) is 81.4 Å². The normalized spacial score (nSPS) is 16.2. The van der Waals surface area contributed by atoms with Crippen molar-refractivity contribution in [2.45, 2.75) is 129 Å². The number of unbranched alkanes of at least 4 members (excludes halogenated alkanes) is 1. The molecule has 1 heterocycles. The van der Waals surface area contributed by atoms with Crippen molar-refractivity contribution in [1.29, 1.82) is 0 Å². The topological polar surface area (TPSA) is 52.0 Å². The molecule has 2 aliphatic rings. The number of fused-ring (bicyclic) bond motifs is 1. The van der Waals surface area contributed by atoms with Crippen molar-refractivity contribution in [3.8, 4) is 34.4 Å². The van der Waals surface area contributed by atoms with E-state index < -0.39 is 0 Å². The number of nitrogens with zero attached hydrogens (tertiary/aromatic N) is 4.